The Morgan fingerprint density at radius 3 is 2.94 bits per heavy atom. The van der Waals surface area contributed by atoms with E-state index in [1.165, 1.54) is 0 Å². The molecule has 0 radical (unpaired) electrons. The minimum Gasteiger partial charge on any atom is -0.493 e. The summed E-state index contributed by atoms with van der Waals surface area (Å²) in [5, 5.41) is 11.2. The summed E-state index contributed by atoms with van der Waals surface area (Å²) in [5.74, 6) is -0.168. The van der Waals surface area contributed by atoms with E-state index in [2.05, 4.69) is 15.0 Å². The molecule has 0 saturated carbocycles. The molecule has 1 aromatic heterocycles. The van der Waals surface area contributed by atoms with Crippen molar-refractivity contribution in [2.24, 2.45) is 4.99 Å². The van der Waals surface area contributed by atoms with Gasteiger partial charge in [-0.15, -0.1) is 0 Å². The lowest BCUT2D eigenvalue weighted by Gasteiger charge is -1.92. The Labute approximate surface area is 95.5 Å². The van der Waals surface area contributed by atoms with Crippen molar-refractivity contribution in [2.45, 2.75) is 0 Å². The topological polar surface area (TPSA) is 81.2 Å². The van der Waals surface area contributed by atoms with Gasteiger partial charge in [0.25, 0.3) is 0 Å². The van der Waals surface area contributed by atoms with Crippen molar-refractivity contribution in [1.29, 1.82) is 0 Å². The summed E-state index contributed by atoms with van der Waals surface area (Å²) in [5.41, 5.74) is 0.943. The number of nitrogens with zero attached hydrogens (tertiary/aromatic N) is 1. The van der Waals surface area contributed by atoms with Crippen LogP contribution in [0.1, 0.15) is 11.3 Å². The molecule has 0 aliphatic carbocycles. The van der Waals surface area contributed by atoms with E-state index in [9.17, 15) is 9.90 Å². The average molecular weight is 227 g/mol. The fourth-order valence-electron chi connectivity index (χ4n) is 1.82. The molecule has 3 N–H and O–H groups in total. The molecule has 0 fully saturated rings. The van der Waals surface area contributed by atoms with Crippen LogP contribution in [0, 0.1) is 0 Å². The molecule has 0 atom stereocenters. The summed E-state index contributed by atoms with van der Waals surface area (Å²) < 4.78 is 0. The van der Waals surface area contributed by atoms with E-state index in [1.807, 2.05) is 24.3 Å². The van der Waals surface area contributed by atoms with Crippen LogP contribution in [0.15, 0.2) is 34.2 Å². The number of hydrogen-bond acceptors (Lipinski definition) is 3. The highest BCUT2D eigenvalue weighted by Crippen LogP contribution is 2.07. The van der Waals surface area contributed by atoms with Crippen molar-refractivity contribution in [3.05, 3.63) is 56.7 Å². The van der Waals surface area contributed by atoms with E-state index < -0.39 is 5.69 Å². The Bertz CT molecular complexity index is 781. The number of nitrogens with one attached hydrogen (secondary N) is 2. The number of aromatic amines is 2. The Balaban J connectivity index is 2.28. The van der Waals surface area contributed by atoms with E-state index in [4.69, 9.17) is 0 Å². The first-order chi connectivity index (χ1) is 8.24. The van der Waals surface area contributed by atoms with Gasteiger partial charge in [-0.2, -0.15) is 0 Å². The highest BCUT2D eigenvalue weighted by atomic mass is 16.3. The smallest absolute Gasteiger partial charge is 0.326 e. The number of rotatable bonds is 1. The molecule has 84 valence electrons. The maximum absolute atomic E-state index is 11.0. The van der Waals surface area contributed by atoms with Crippen LogP contribution in [-0.4, -0.2) is 15.1 Å². The summed E-state index contributed by atoms with van der Waals surface area (Å²) in [6.45, 7) is 0. The number of aromatic nitrogens is 2. The van der Waals surface area contributed by atoms with Gasteiger partial charge < -0.3 is 10.1 Å². The Kier molecular flexibility index (Phi) is 1.98. The van der Waals surface area contributed by atoms with Crippen molar-refractivity contribution in [1.82, 2.24) is 9.97 Å². The van der Waals surface area contributed by atoms with Crippen LogP contribution in [0.4, 0.5) is 0 Å². The molecule has 0 unspecified atom stereocenters. The standard InChI is InChI=1S/C12H9N3O2/c16-11-9(14-12(17)15-11)6-8-3-1-2-7-4-5-13-10(7)8/h1-6,16H,(H2,14,15,17). The van der Waals surface area contributed by atoms with Gasteiger partial charge in [-0.3, -0.25) is 9.98 Å². The molecule has 0 spiro atoms. The summed E-state index contributed by atoms with van der Waals surface area (Å²) >= 11 is 0. The molecule has 5 heteroatoms. The first kappa shape index (κ1) is 9.65. The van der Waals surface area contributed by atoms with Gasteiger partial charge >= 0.3 is 5.69 Å². The zero-order valence-corrected chi connectivity index (χ0v) is 8.77. The fraction of sp³-hybridized carbons (Fsp3) is 0. The SMILES string of the molecule is O=c1[nH]c(O)c(C=c2cccc3c2=NC=C3)[nH]1. The largest absolute Gasteiger partial charge is 0.493 e. The number of para-hydroxylation sites is 1. The molecule has 17 heavy (non-hydrogen) atoms. The fourth-order valence-corrected chi connectivity index (χ4v) is 1.82. The lowest BCUT2D eigenvalue weighted by molar-refractivity contribution is 0.454. The predicted octanol–water partition coefficient (Wildman–Crippen LogP) is -0.159. The molecule has 0 amide bonds. The highest BCUT2D eigenvalue weighted by molar-refractivity contribution is 5.56. The zero-order chi connectivity index (χ0) is 11.8. The molecule has 2 heterocycles. The number of hydrogen-bond donors (Lipinski definition) is 3. The van der Waals surface area contributed by atoms with Crippen LogP contribution in [-0.2, 0) is 0 Å². The third kappa shape index (κ3) is 1.57. The molecule has 1 aliphatic heterocycles. The normalized spacial score (nSPS) is 13.8. The van der Waals surface area contributed by atoms with Crippen LogP contribution < -0.4 is 16.3 Å². The van der Waals surface area contributed by atoms with E-state index in [0.29, 0.717) is 5.69 Å². The van der Waals surface area contributed by atoms with Crippen molar-refractivity contribution in [3.63, 3.8) is 0 Å². The molecule has 0 bridgehead atoms. The minimum atomic E-state index is -0.434. The summed E-state index contributed by atoms with van der Waals surface area (Å²) in [4.78, 5) is 20.0. The monoisotopic (exact) mass is 227 g/mol. The number of H-pyrrole nitrogens is 2. The lowest BCUT2D eigenvalue weighted by Crippen LogP contribution is -2.25. The maximum atomic E-state index is 11.0. The molecule has 0 saturated heterocycles. The van der Waals surface area contributed by atoms with Gasteiger partial charge in [0.2, 0.25) is 5.88 Å². The summed E-state index contributed by atoms with van der Waals surface area (Å²) in [7, 11) is 0. The van der Waals surface area contributed by atoms with Crippen LogP contribution >= 0.6 is 0 Å². The van der Waals surface area contributed by atoms with Crippen molar-refractivity contribution < 1.29 is 5.11 Å². The van der Waals surface area contributed by atoms with E-state index in [1.54, 1.807) is 12.3 Å². The molecule has 1 aromatic carbocycles. The molecular weight excluding hydrogens is 218 g/mol. The maximum Gasteiger partial charge on any atom is 0.326 e. The second kappa shape index (κ2) is 3.48. The number of benzene rings is 1. The third-order valence-corrected chi connectivity index (χ3v) is 2.59. The number of aromatic hydroxyl groups is 1. The van der Waals surface area contributed by atoms with Gasteiger partial charge in [0.1, 0.15) is 5.69 Å². The zero-order valence-electron chi connectivity index (χ0n) is 8.77. The van der Waals surface area contributed by atoms with E-state index in [0.717, 1.165) is 16.1 Å². The Morgan fingerprint density at radius 2 is 2.18 bits per heavy atom. The van der Waals surface area contributed by atoms with Gasteiger partial charge in [0, 0.05) is 17.0 Å². The highest BCUT2D eigenvalue weighted by Gasteiger charge is 2.03. The molecular formula is C12H9N3O2. The van der Waals surface area contributed by atoms with Crippen molar-refractivity contribution in [2.75, 3.05) is 0 Å². The minimum absolute atomic E-state index is 0.168. The van der Waals surface area contributed by atoms with Crippen molar-refractivity contribution in [3.8, 4) is 5.88 Å². The van der Waals surface area contributed by atoms with Crippen LogP contribution in [0.2, 0.25) is 0 Å². The van der Waals surface area contributed by atoms with Crippen LogP contribution in [0.3, 0.4) is 0 Å². The van der Waals surface area contributed by atoms with Crippen LogP contribution in [0.5, 0.6) is 5.88 Å². The van der Waals surface area contributed by atoms with Gasteiger partial charge in [-0.1, -0.05) is 18.2 Å². The lowest BCUT2D eigenvalue weighted by atomic mass is 10.1. The van der Waals surface area contributed by atoms with Gasteiger partial charge in [-0.25, -0.2) is 4.79 Å². The second-order valence-corrected chi connectivity index (χ2v) is 3.72. The van der Waals surface area contributed by atoms with Crippen LogP contribution in [0.25, 0.3) is 12.2 Å². The van der Waals surface area contributed by atoms with Gasteiger partial charge in [-0.05, 0) is 12.2 Å². The second-order valence-electron chi connectivity index (χ2n) is 3.72. The molecule has 2 aromatic rings. The number of fused-ring (bicyclic) bond motifs is 1. The van der Waals surface area contributed by atoms with E-state index in [-0.39, 0.29) is 5.88 Å². The van der Waals surface area contributed by atoms with Gasteiger partial charge in [0.15, 0.2) is 0 Å². The predicted molar refractivity (Wildman–Crippen MR) is 62.9 cm³/mol. The van der Waals surface area contributed by atoms with E-state index >= 15 is 0 Å². The third-order valence-electron chi connectivity index (χ3n) is 2.59. The van der Waals surface area contributed by atoms with Crippen molar-refractivity contribution >= 4 is 12.2 Å². The summed E-state index contributed by atoms with van der Waals surface area (Å²) in [6, 6.07) is 5.73. The summed E-state index contributed by atoms with van der Waals surface area (Å²) in [6.07, 6.45) is 5.32. The van der Waals surface area contributed by atoms with Gasteiger partial charge in [0.05, 0.1) is 5.36 Å². The number of imidazole rings is 1. The Morgan fingerprint density at radius 1 is 1.29 bits per heavy atom. The first-order valence-electron chi connectivity index (χ1n) is 5.10. The Hall–Kier alpha value is -2.56. The average Bonchev–Trinajstić information content (AvgIpc) is 2.87. The molecule has 5 nitrogen and oxygen atoms in total. The molecule has 1 aliphatic rings. The quantitative estimate of drug-likeness (QED) is 0.632. The first-order valence-corrected chi connectivity index (χ1v) is 5.10. The molecule has 3 rings (SSSR count).